The minimum Gasteiger partial charge on any atom is -0.336 e. The third-order valence-electron chi connectivity index (χ3n) is 4.24. The first-order valence-corrected chi connectivity index (χ1v) is 8.34. The van der Waals surface area contributed by atoms with Gasteiger partial charge in [0, 0.05) is 31.9 Å². The number of piperazine rings is 1. The van der Waals surface area contributed by atoms with Gasteiger partial charge in [0.05, 0.1) is 12.1 Å². The van der Waals surface area contributed by atoms with E-state index in [0.717, 1.165) is 23.9 Å². The van der Waals surface area contributed by atoms with E-state index in [9.17, 15) is 18.4 Å². The van der Waals surface area contributed by atoms with Crippen molar-refractivity contribution in [2.24, 2.45) is 0 Å². The zero-order chi connectivity index (χ0) is 18.5. The maximum absolute atomic E-state index is 13.8. The second-order valence-corrected chi connectivity index (χ2v) is 6.11. The van der Waals surface area contributed by atoms with Gasteiger partial charge in [-0.3, -0.25) is 14.5 Å². The number of rotatable bonds is 4. The van der Waals surface area contributed by atoms with E-state index < -0.39 is 17.5 Å². The lowest BCUT2D eigenvalue weighted by molar-refractivity contribution is -0.117. The number of hydrogen-bond acceptors (Lipinski definition) is 3. The largest absolute Gasteiger partial charge is 0.336 e. The summed E-state index contributed by atoms with van der Waals surface area (Å²) < 4.78 is 27.0. The van der Waals surface area contributed by atoms with Gasteiger partial charge in [-0.25, -0.2) is 8.78 Å². The topological polar surface area (TPSA) is 52.7 Å². The molecule has 5 nitrogen and oxygen atoms in total. The molecule has 7 heteroatoms. The molecule has 1 aliphatic heterocycles. The van der Waals surface area contributed by atoms with Crippen molar-refractivity contribution in [1.82, 2.24) is 9.80 Å². The average Bonchev–Trinajstić information content (AvgIpc) is 2.64. The molecule has 0 spiro atoms. The summed E-state index contributed by atoms with van der Waals surface area (Å²) in [5.74, 6) is -2.05. The quantitative estimate of drug-likeness (QED) is 0.912. The van der Waals surface area contributed by atoms with Crippen molar-refractivity contribution in [3.05, 3.63) is 65.7 Å². The fourth-order valence-electron chi connectivity index (χ4n) is 2.87. The highest BCUT2D eigenvalue weighted by Gasteiger charge is 2.25. The normalized spacial score (nSPS) is 14.9. The number of amides is 2. The van der Waals surface area contributed by atoms with Crippen molar-refractivity contribution < 1.29 is 18.4 Å². The van der Waals surface area contributed by atoms with E-state index >= 15 is 0 Å². The molecule has 0 aliphatic carbocycles. The maximum Gasteiger partial charge on any atom is 0.257 e. The van der Waals surface area contributed by atoms with Crippen LogP contribution in [0.5, 0.6) is 0 Å². The Morgan fingerprint density at radius 3 is 2.35 bits per heavy atom. The SMILES string of the molecule is O=C(CN1CCN(C(=O)c2cc(F)ccc2F)CC1)Nc1ccccc1. The summed E-state index contributed by atoms with van der Waals surface area (Å²) in [6.45, 7) is 1.90. The summed E-state index contributed by atoms with van der Waals surface area (Å²) in [6, 6.07) is 12.0. The Bertz CT molecular complexity index is 791. The predicted octanol–water partition coefficient (Wildman–Crippen LogP) is 2.36. The van der Waals surface area contributed by atoms with E-state index in [1.54, 1.807) is 0 Å². The lowest BCUT2D eigenvalue weighted by Crippen LogP contribution is -2.50. The number of nitrogens with one attached hydrogen (secondary N) is 1. The summed E-state index contributed by atoms with van der Waals surface area (Å²) in [7, 11) is 0. The van der Waals surface area contributed by atoms with Crippen molar-refractivity contribution in [3.8, 4) is 0 Å². The summed E-state index contributed by atoms with van der Waals surface area (Å²) in [5.41, 5.74) is 0.466. The van der Waals surface area contributed by atoms with Gasteiger partial charge >= 0.3 is 0 Å². The Labute approximate surface area is 150 Å². The lowest BCUT2D eigenvalue weighted by Gasteiger charge is -2.34. The molecular weight excluding hydrogens is 340 g/mol. The third kappa shape index (κ3) is 4.43. The molecule has 0 atom stereocenters. The zero-order valence-corrected chi connectivity index (χ0v) is 14.1. The van der Waals surface area contributed by atoms with Crippen molar-refractivity contribution in [2.75, 3.05) is 38.0 Å². The third-order valence-corrected chi connectivity index (χ3v) is 4.24. The van der Waals surface area contributed by atoms with Crippen LogP contribution in [0.25, 0.3) is 0 Å². The van der Waals surface area contributed by atoms with Crippen LogP contribution in [0.1, 0.15) is 10.4 Å². The maximum atomic E-state index is 13.8. The van der Waals surface area contributed by atoms with Gasteiger partial charge in [-0.15, -0.1) is 0 Å². The Morgan fingerprint density at radius 1 is 0.962 bits per heavy atom. The number of nitrogens with zero attached hydrogens (tertiary/aromatic N) is 2. The molecule has 2 amide bonds. The number of benzene rings is 2. The number of carbonyl (C=O) groups is 2. The van der Waals surface area contributed by atoms with E-state index in [2.05, 4.69) is 5.32 Å². The molecule has 0 unspecified atom stereocenters. The molecule has 1 heterocycles. The van der Waals surface area contributed by atoms with E-state index in [1.165, 1.54) is 4.90 Å². The van der Waals surface area contributed by atoms with Gasteiger partial charge in [0.2, 0.25) is 5.91 Å². The molecule has 136 valence electrons. The van der Waals surface area contributed by atoms with E-state index in [4.69, 9.17) is 0 Å². The standard InChI is InChI=1S/C19H19F2N3O2/c20-14-6-7-17(21)16(12-14)19(26)24-10-8-23(9-11-24)13-18(25)22-15-4-2-1-3-5-15/h1-7,12H,8-11,13H2,(H,22,25). The van der Waals surface area contributed by atoms with E-state index in [1.807, 2.05) is 35.2 Å². The fourth-order valence-corrected chi connectivity index (χ4v) is 2.87. The van der Waals surface area contributed by atoms with Gasteiger partial charge < -0.3 is 10.2 Å². The van der Waals surface area contributed by atoms with E-state index in [0.29, 0.717) is 26.2 Å². The Morgan fingerprint density at radius 2 is 1.65 bits per heavy atom. The molecular formula is C19H19F2N3O2. The Hall–Kier alpha value is -2.80. The molecule has 1 saturated heterocycles. The van der Waals surface area contributed by atoms with Crippen LogP contribution < -0.4 is 5.32 Å². The van der Waals surface area contributed by atoms with Crippen LogP contribution in [-0.2, 0) is 4.79 Å². The van der Waals surface area contributed by atoms with Crippen LogP contribution in [0, 0.1) is 11.6 Å². The van der Waals surface area contributed by atoms with Crippen LogP contribution in [0.2, 0.25) is 0 Å². The summed E-state index contributed by atoms with van der Waals surface area (Å²) in [6.07, 6.45) is 0. The van der Waals surface area contributed by atoms with Crippen LogP contribution in [0.15, 0.2) is 48.5 Å². The van der Waals surface area contributed by atoms with Crippen molar-refractivity contribution in [2.45, 2.75) is 0 Å². The number of carbonyl (C=O) groups excluding carboxylic acids is 2. The van der Waals surface area contributed by atoms with Crippen molar-refractivity contribution in [3.63, 3.8) is 0 Å². The number of anilines is 1. The molecule has 0 bridgehead atoms. The number of halogens is 2. The second kappa shape index (κ2) is 8.05. The molecule has 0 saturated carbocycles. The molecule has 1 fully saturated rings. The van der Waals surface area contributed by atoms with Crippen LogP contribution in [-0.4, -0.2) is 54.3 Å². The van der Waals surface area contributed by atoms with E-state index in [-0.39, 0.29) is 18.0 Å². The molecule has 26 heavy (non-hydrogen) atoms. The van der Waals surface area contributed by atoms with Gasteiger partial charge in [0.15, 0.2) is 0 Å². The van der Waals surface area contributed by atoms with Crippen LogP contribution >= 0.6 is 0 Å². The first-order chi connectivity index (χ1) is 12.5. The first-order valence-electron chi connectivity index (χ1n) is 8.34. The zero-order valence-electron chi connectivity index (χ0n) is 14.1. The fraction of sp³-hybridized carbons (Fsp3) is 0.263. The second-order valence-electron chi connectivity index (χ2n) is 6.11. The Balaban J connectivity index is 1.51. The summed E-state index contributed by atoms with van der Waals surface area (Å²) in [4.78, 5) is 27.8. The monoisotopic (exact) mass is 359 g/mol. The minimum atomic E-state index is -0.735. The highest BCUT2D eigenvalue weighted by atomic mass is 19.1. The molecule has 0 radical (unpaired) electrons. The molecule has 2 aromatic carbocycles. The average molecular weight is 359 g/mol. The predicted molar refractivity (Wildman–Crippen MR) is 93.8 cm³/mol. The first kappa shape index (κ1) is 18.0. The molecule has 0 aromatic heterocycles. The molecule has 1 aliphatic rings. The Kier molecular flexibility index (Phi) is 5.58. The van der Waals surface area contributed by atoms with Crippen molar-refractivity contribution in [1.29, 1.82) is 0 Å². The van der Waals surface area contributed by atoms with Crippen LogP contribution in [0.4, 0.5) is 14.5 Å². The molecule has 3 rings (SSSR count). The van der Waals surface area contributed by atoms with Gasteiger partial charge in [0.1, 0.15) is 11.6 Å². The lowest BCUT2D eigenvalue weighted by atomic mass is 10.1. The molecule has 2 aromatic rings. The van der Waals surface area contributed by atoms with Gasteiger partial charge in [-0.2, -0.15) is 0 Å². The summed E-state index contributed by atoms with van der Waals surface area (Å²) in [5, 5.41) is 2.81. The summed E-state index contributed by atoms with van der Waals surface area (Å²) >= 11 is 0. The van der Waals surface area contributed by atoms with Gasteiger partial charge in [0.25, 0.3) is 5.91 Å². The smallest absolute Gasteiger partial charge is 0.257 e. The van der Waals surface area contributed by atoms with Gasteiger partial charge in [-0.05, 0) is 30.3 Å². The molecule has 1 N–H and O–H groups in total. The highest BCUT2D eigenvalue weighted by molar-refractivity contribution is 5.94. The van der Waals surface area contributed by atoms with Crippen LogP contribution in [0.3, 0.4) is 0 Å². The number of para-hydroxylation sites is 1. The number of hydrogen-bond donors (Lipinski definition) is 1. The van der Waals surface area contributed by atoms with Crippen molar-refractivity contribution >= 4 is 17.5 Å². The minimum absolute atomic E-state index is 0.132. The van der Waals surface area contributed by atoms with Gasteiger partial charge in [-0.1, -0.05) is 18.2 Å². The highest BCUT2D eigenvalue weighted by Crippen LogP contribution is 2.14.